The van der Waals surface area contributed by atoms with Crippen molar-refractivity contribution >= 4 is 9.52 Å². The molecule has 0 fully saturated rings. The maximum absolute atomic E-state index is 5.23. The van der Waals surface area contributed by atoms with Gasteiger partial charge < -0.3 is 9.47 Å². The van der Waals surface area contributed by atoms with Crippen LogP contribution in [0.5, 0.6) is 0 Å². The zero-order chi connectivity index (χ0) is 13.5. The largest absolute Gasteiger partial charge is 0.360 e. The summed E-state index contributed by atoms with van der Waals surface area (Å²) in [4.78, 5) is 0. The third-order valence-electron chi connectivity index (χ3n) is 3.57. The molecular weight excluding hydrogens is 240 g/mol. The second-order valence-corrected chi connectivity index (χ2v) is 7.18. The Bertz CT molecular complexity index is 149. The Morgan fingerprint density at radius 3 is 1.61 bits per heavy atom. The molecule has 0 aromatic rings. The average Bonchev–Trinajstić information content (AvgIpc) is 2.40. The van der Waals surface area contributed by atoms with Crippen LogP contribution in [0.1, 0.15) is 71.1 Å². The van der Waals surface area contributed by atoms with Gasteiger partial charge in [-0.15, -0.1) is 0 Å². The maximum Gasteiger partial charge on any atom is 0.134 e. The van der Waals surface area contributed by atoms with Crippen molar-refractivity contribution in [3.63, 3.8) is 0 Å². The fourth-order valence-electron chi connectivity index (χ4n) is 2.31. The lowest BCUT2D eigenvalue weighted by atomic mass is 10.1. The van der Waals surface area contributed by atoms with Crippen LogP contribution in [0.3, 0.4) is 0 Å². The number of methoxy groups -OCH3 is 2. The Balaban J connectivity index is 3.03. The van der Waals surface area contributed by atoms with Gasteiger partial charge in [-0.1, -0.05) is 77.2 Å². The van der Waals surface area contributed by atoms with Crippen LogP contribution < -0.4 is 0 Å². The summed E-state index contributed by atoms with van der Waals surface area (Å²) in [5.74, 6) is 0.142. The molecule has 2 nitrogen and oxygen atoms in total. The van der Waals surface area contributed by atoms with Gasteiger partial charge in [0.25, 0.3) is 0 Å². The van der Waals surface area contributed by atoms with E-state index in [0.717, 1.165) is 0 Å². The van der Waals surface area contributed by atoms with E-state index in [0.29, 0.717) is 0 Å². The van der Waals surface area contributed by atoms with Crippen molar-refractivity contribution in [3.05, 3.63) is 0 Å². The monoisotopic (exact) mass is 274 g/mol. The van der Waals surface area contributed by atoms with E-state index in [4.69, 9.17) is 9.47 Å². The SMILES string of the molecule is CCCCCCCCCCCC[SiH2]C(OC)OC. The van der Waals surface area contributed by atoms with Crippen molar-refractivity contribution in [1.29, 1.82) is 0 Å². The standard InChI is InChI=1S/C15H34O2Si/c1-4-5-6-7-8-9-10-11-12-13-14-18-15(16-2)17-3/h15H,4-14,18H2,1-3H3. The zero-order valence-corrected chi connectivity index (χ0v) is 14.3. The van der Waals surface area contributed by atoms with Gasteiger partial charge >= 0.3 is 0 Å². The summed E-state index contributed by atoms with van der Waals surface area (Å²) in [6.07, 6.45) is 14.2. The Labute approximate surface area is 117 Å². The molecule has 0 aliphatic carbocycles. The number of unbranched alkanes of at least 4 members (excludes halogenated alkanes) is 9. The average molecular weight is 275 g/mol. The quantitative estimate of drug-likeness (QED) is 0.270. The van der Waals surface area contributed by atoms with E-state index < -0.39 is 0 Å². The van der Waals surface area contributed by atoms with E-state index in [-0.39, 0.29) is 15.4 Å². The molecule has 0 aliphatic rings. The molecule has 0 N–H and O–H groups in total. The Hall–Kier alpha value is 0.137. The molecule has 0 radical (unpaired) electrons. The first-order valence-corrected chi connectivity index (χ1v) is 9.72. The van der Waals surface area contributed by atoms with Crippen LogP contribution in [0.15, 0.2) is 0 Å². The molecule has 0 atom stereocenters. The smallest absolute Gasteiger partial charge is 0.134 e. The molecule has 3 heteroatoms. The van der Waals surface area contributed by atoms with Gasteiger partial charge in [-0.3, -0.25) is 0 Å². The summed E-state index contributed by atoms with van der Waals surface area (Å²) < 4.78 is 10.5. The second kappa shape index (κ2) is 15.2. The molecule has 18 heavy (non-hydrogen) atoms. The summed E-state index contributed by atoms with van der Waals surface area (Å²) in [5.41, 5.74) is 0. The molecule has 0 saturated carbocycles. The predicted molar refractivity (Wildman–Crippen MR) is 83.0 cm³/mol. The molecular formula is C15H34O2Si. The van der Waals surface area contributed by atoms with Gasteiger partial charge in [0.15, 0.2) is 0 Å². The van der Waals surface area contributed by atoms with E-state index in [9.17, 15) is 0 Å². The first kappa shape index (κ1) is 18.1. The molecule has 0 aliphatic heterocycles. The van der Waals surface area contributed by atoms with Gasteiger partial charge in [-0.05, 0) is 0 Å². The molecule has 0 spiro atoms. The van der Waals surface area contributed by atoms with Gasteiger partial charge in [0.1, 0.15) is 5.91 Å². The zero-order valence-electron chi connectivity index (χ0n) is 12.9. The Kier molecular flexibility index (Phi) is 15.3. The highest BCUT2D eigenvalue weighted by atomic mass is 28.2. The molecule has 0 saturated heterocycles. The van der Waals surface area contributed by atoms with Crippen molar-refractivity contribution in [1.82, 2.24) is 0 Å². The van der Waals surface area contributed by atoms with Gasteiger partial charge in [0.05, 0.1) is 9.52 Å². The highest BCUT2D eigenvalue weighted by Crippen LogP contribution is 2.11. The van der Waals surface area contributed by atoms with Gasteiger partial charge in [0.2, 0.25) is 0 Å². The highest BCUT2D eigenvalue weighted by molar-refractivity contribution is 6.36. The van der Waals surface area contributed by atoms with Crippen LogP contribution in [-0.2, 0) is 9.47 Å². The fraction of sp³-hybridized carbons (Fsp3) is 1.00. The van der Waals surface area contributed by atoms with E-state index in [2.05, 4.69) is 6.92 Å². The van der Waals surface area contributed by atoms with Crippen LogP contribution in [0.4, 0.5) is 0 Å². The summed E-state index contributed by atoms with van der Waals surface area (Å²) in [5, 5.41) is 0. The molecule has 0 amide bonds. The minimum atomic E-state index is -0.173. The fourth-order valence-corrected chi connectivity index (χ4v) is 3.75. The highest BCUT2D eigenvalue weighted by Gasteiger charge is 2.04. The van der Waals surface area contributed by atoms with E-state index in [1.807, 2.05) is 0 Å². The molecule has 0 aromatic carbocycles. The Morgan fingerprint density at radius 1 is 0.722 bits per heavy atom. The lowest BCUT2D eigenvalue weighted by Crippen LogP contribution is -2.20. The van der Waals surface area contributed by atoms with Gasteiger partial charge in [0, 0.05) is 14.2 Å². The third-order valence-corrected chi connectivity index (χ3v) is 5.62. The number of hydrogen-bond acceptors (Lipinski definition) is 2. The summed E-state index contributed by atoms with van der Waals surface area (Å²) >= 11 is 0. The van der Waals surface area contributed by atoms with E-state index >= 15 is 0 Å². The van der Waals surface area contributed by atoms with Crippen LogP contribution in [0, 0.1) is 0 Å². The third kappa shape index (κ3) is 12.6. The van der Waals surface area contributed by atoms with Gasteiger partial charge in [-0.2, -0.15) is 0 Å². The second-order valence-electron chi connectivity index (χ2n) is 5.23. The lowest BCUT2D eigenvalue weighted by Gasteiger charge is -2.12. The van der Waals surface area contributed by atoms with Gasteiger partial charge in [-0.25, -0.2) is 0 Å². The van der Waals surface area contributed by atoms with E-state index in [1.54, 1.807) is 14.2 Å². The molecule has 110 valence electrons. The minimum absolute atomic E-state index is 0.142. The van der Waals surface area contributed by atoms with E-state index in [1.165, 1.54) is 70.3 Å². The minimum Gasteiger partial charge on any atom is -0.360 e. The van der Waals surface area contributed by atoms with Crippen molar-refractivity contribution in [2.75, 3.05) is 14.2 Å². The van der Waals surface area contributed by atoms with Crippen molar-refractivity contribution < 1.29 is 9.47 Å². The van der Waals surface area contributed by atoms with Crippen molar-refractivity contribution in [2.45, 2.75) is 83.1 Å². The normalized spacial score (nSPS) is 12.0. The molecule has 0 aromatic heterocycles. The number of ether oxygens (including phenoxy) is 2. The Morgan fingerprint density at radius 2 is 1.17 bits per heavy atom. The maximum atomic E-state index is 5.23. The predicted octanol–water partition coefficient (Wildman–Crippen LogP) is 4.07. The first-order chi connectivity index (χ1) is 8.85. The number of hydrogen-bond donors (Lipinski definition) is 0. The lowest BCUT2D eigenvalue weighted by molar-refractivity contribution is -0.0441. The van der Waals surface area contributed by atoms with Crippen molar-refractivity contribution in [2.24, 2.45) is 0 Å². The van der Waals surface area contributed by atoms with Crippen LogP contribution in [0.2, 0.25) is 6.04 Å². The van der Waals surface area contributed by atoms with Crippen LogP contribution in [-0.4, -0.2) is 29.7 Å². The number of rotatable bonds is 14. The van der Waals surface area contributed by atoms with Crippen LogP contribution >= 0.6 is 0 Å². The molecule has 0 rings (SSSR count). The summed E-state index contributed by atoms with van der Waals surface area (Å²) in [6.45, 7) is 2.28. The molecule has 0 unspecified atom stereocenters. The van der Waals surface area contributed by atoms with Crippen LogP contribution in [0.25, 0.3) is 0 Å². The first-order valence-electron chi connectivity index (χ1n) is 7.90. The topological polar surface area (TPSA) is 18.5 Å². The van der Waals surface area contributed by atoms with Crippen molar-refractivity contribution in [3.8, 4) is 0 Å². The molecule has 0 heterocycles. The molecule has 0 bridgehead atoms. The summed E-state index contributed by atoms with van der Waals surface area (Å²) in [7, 11) is 3.33. The summed E-state index contributed by atoms with van der Waals surface area (Å²) in [6, 6.07) is 1.36.